The van der Waals surface area contributed by atoms with Gasteiger partial charge in [-0.25, -0.2) is 9.59 Å². The number of carbonyl (C=O) groups is 2. The van der Waals surface area contributed by atoms with Crippen molar-refractivity contribution >= 4 is 11.9 Å². The zero-order chi connectivity index (χ0) is 23.5. The molecule has 0 heterocycles. The number of benzene rings is 2. The first-order chi connectivity index (χ1) is 15.4. The SMILES string of the molecule is CCCCc1cccc(C(=O)OC)c1CC(O)CCC(C)Oc1ccccc1C(=O)OC. The average molecular weight is 443 g/mol. The summed E-state index contributed by atoms with van der Waals surface area (Å²) < 4.78 is 15.7. The monoisotopic (exact) mass is 442 g/mol. The van der Waals surface area contributed by atoms with Crippen LogP contribution in [0.3, 0.4) is 0 Å². The van der Waals surface area contributed by atoms with Crippen LogP contribution in [0.15, 0.2) is 42.5 Å². The van der Waals surface area contributed by atoms with Gasteiger partial charge in [0, 0.05) is 0 Å². The number of rotatable bonds is 12. The molecule has 0 aromatic heterocycles. The lowest BCUT2D eigenvalue weighted by atomic mass is 9.91. The van der Waals surface area contributed by atoms with Crippen molar-refractivity contribution in [1.29, 1.82) is 0 Å². The van der Waals surface area contributed by atoms with Crippen LogP contribution in [0.5, 0.6) is 5.75 Å². The second-order valence-corrected chi connectivity index (χ2v) is 7.89. The van der Waals surface area contributed by atoms with Crippen molar-refractivity contribution < 1.29 is 28.9 Å². The van der Waals surface area contributed by atoms with Crippen LogP contribution in [-0.4, -0.2) is 43.5 Å². The minimum atomic E-state index is -0.636. The average Bonchev–Trinajstić information content (AvgIpc) is 2.81. The Kier molecular flexibility index (Phi) is 10.2. The predicted octanol–water partition coefficient (Wildman–Crippen LogP) is 4.75. The number of aryl methyl sites for hydroxylation is 1. The van der Waals surface area contributed by atoms with Crippen molar-refractivity contribution in [2.45, 2.75) is 64.6 Å². The standard InChI is InChI=1S/C26H34O6/c1-5-6-10-19-11-9-13-21(25(28)30-3)23(19)17-20(27)16-15-18(2)32-24-14-8-7-12-22(24)26(29)31-4/h7-9,11-14,18,20,27H,5-6,10,15-17H2,1-4H3. The predicted molar refractivity (Wildman–Crippen MR) is 123 cm³/mol. The van der Waals surface area contributed by atoms with Gasteiger partial charge in [-0.1, -0.05) is 37.6 Å². The molecule has 2 atom stereocenters. The van der Waals surface area contributed by atoms with Crippen LogP contribution < -0.4 is 4.74 Å². The normalized spacial score (nSPS) is 12.7. The van der Waals surface area contributed by atoms with Gasteiger partial charge in [-0.2, -0.15) is 0 Å². The van der Waals surface area contributed by atoms with Crippen LogP contribution in [0.2, 0.25) is 0 Å². The first-order valence-electron chi connectivity index (χ1n) is 11.1. The number of carbonyl (C=O) groups excluding carboxylic acids is 2. The number of methoxy groups -OCH3 is 2. The number of para-hydroxylation sites is 1. The molecule has 0 aliphatic heterocycles. The van der Waals surface area contributed by atoms with E-state index >= 15 is 0 Å². The fourth-order valence-electron chi connectivity index (χ4n) is 3.67. The van der Waals surface area contributed by atoms with Gasteiger partial charge in [-0.05, 0) is 68.4 Å². The van der Waals surface area contributed by atoms with Crippen LogP contribution in [-0.2, 0) is 22.3 Å². The molecule has 0 spiro atoms. The van der Waals surface area contributed by atoms with E-state index in [4.69, 9.17) is 14.2 Å². The lowest BCUT2D eigenvalue weighted by molar-refractivity contribution is 0.0583. The van der Waals surface area contributed by atoms with Gasteiger partial charge in [0.1, 0.15) is 11.3 Å². The molecule has 0 saturated carbocycles. The van der Waals surface area contributed by atoms with Gasteiger partial charge in [0.2, 0.25) is 0 Å². The molecule has 2 unspecified atom stereocenters. The number of aliphatic hydroxyl groups is 1. The molecule has 0 bridgehead atoms. The minimum Gasteiger partial charge on any atom is -0.490 e. The molecule has 0 radical (unpaired) electrons. The Bertz CT molecular complexity index is 892. The molecular formula is C26H34O6. The van der Waals surface area contributed by atoms with Crippen LogP contribution in [0.4, 0.5) is 0 Å². The number of ether oxygens (including phenoxy) is 3. The molecule has 1 N–H and O–H groups in total. The zero-order valence-corrected chi connectivity index (χ0v) is 19.4. The summed E-state index contributed by atoms with van der Waals surface area (Å²) in [7, 11) is 2.70. The molecule has 0 aliphatic carbocycles. The molecule has 0 aliphatic rings. The van der Waals surface area contributed by atoms with Crippen molar-refractivity contribution in [2.24, 2.45) is 0 Å². The molecule has 2 aromatic carbocycles. The third-order valence-electron chi connectivity index (χ3n) is 5.44. The molecular weight excluding hydrogens is 408 g/mol. The van der Waals surface area contributed by atoms with E-state index in [1.807, 2.05) is 19.1 Å². The van der Waals surface area contributed by atoms with E-state index in [0.717, 1.165) is 30.4 Å². The second-order valence-electron chi connectivity index (χ2n) is 7.89. The van der Waals surface area contributed by atoms with E-state index < -0.39 is 12.1 Å². The fraction of sp³-hybridized carbons (Fsp3) is 0.462. The number of unbranched alkanes of at least 4 members (excludes halogenated alkanes) is 1. The lowest BCUT2D eigenvalue weighted by Crippen LogP contribution is -2.20. The maximum absolute atomic E-state index is 12.3. The highest BCUT2D eigenvalue weighted by Crippen LogP contribution is 2.24. The van der Waals surface area contributed by atoms with Crippen LogP contribution in [0.25, 0.3) is 0 Å². The van der Waals surface area contributed by atoms with Gasteiger partial charge in [0.05, 0.1) is 32.0 Å². The number of esters is 2. The van der Waals surface area contributed by atoms with Crippen molar-refractivity contribution in [3.8, 4) is 5.75 Å². The smallest absolute Gasteiger partial charge is 0.341 e. The Morgan fingerprint density at radius 3 is 2.28 bits per heavy atom. The summed E-state index contributed by atoms with van der Waals surface area (Å²) in [6.45, 7) is 4.02. The van der Waals surface area contributed by atoms with Crippen LogP contribution in [0, 0.1) is 0 Å². The van der Waals surface area contributed by atoms with Gasteiger partial charge in [-0.15, -0.1) is 0 Å². The van der Waals surface area contributed by atoms with E-state index in [1.54, 1.807) is 30.3 Å². The van der Waals surface area contributed by atoms with E-state index in [9.17, 15) is 14.7 Å². The topological polar surface area (TPSA) is 82.1 Å². The summed E-state index contributed by atoms with van der Waals surface area (Å²) in [4.78, 5) is 24.2. The summed E-state index contributed by atoms with van der Waals surface area (Å²) in [5.74, 6) is -0.382. The number of hydrogen-bond donors (Lipinski definition) is 1. The summed E-state index contributed by atoms with van der Waals surface area (Å²) in [5, 5.41) is 10.7. The third kappa shape index (κ3) is 7.09. The van der Waals surface area contributed by atoms with Gasteiger partial charge in [-0.3, -0.25) is 0 Å². The Morgan fingerprint density at radius 1 is 0.938 bits per heavy atom. The minimum absolute atomic E-state index is 0.217. The summed E-state index contributed by atoms with van der Waals surface area (Å²) >= 11 is 0. The highest BCUT2D eigenvalue weighted by molar-refractivity contribution is 5.92. The van der Waals surface area contributed by atoms with Gasteiger partial charge >= 0.3 is 11.9 Å². The maximum Gasteiger partial charge on any atom is 0.341 e. The molecule has 6 nitrogen and oxygen atoms in total. The molecule has 6 heteroatoms. The van der Waals surface area contributed by atoms with Gasteiger partial charge in [0.15, 0.2) is 0 Å². The highest BCUT2D eigenvalue weighted by atomic mass is 16.5. The van der Waals surface area contributed by atoms with E-state index in [1.165, 1.54) is 14.2 Å². The fourth-order valence-corrected chi connectivity index (χ4v) is 3.67. The first kappa shape index (κ1) is 25.4. The first-order valence-corrected chi connectivity index (χ1v) is 11.1. The van der Waals surface area contributed by atoms with E-state index in [-0.39, 0.29) is 12.1 Å². The number of aliphatic hydroxyl groups excluding tert-OH is 1. The molecule has 0 saturated heterocycles. The molecule has 0 amide bonds. The van der Waals surface area contributed by atoms with Crippen molar-refractivity contribution in [3.63, 3.8) is 0 Å². The summed E-state index contributed by atoms with van der Waals surface area (Å²) in [6.07, 6.45) is 3.51. The lowest BCUT2D eigenvalue weighted by Gasteiger charge is -2.20. The van der Waals surface area contributed by atoms with Crippen LogP contribution >= 0.6 is 0 Å². The van der Waals surface area contributed by atoms with Gasteiger partial charge in [0.25, 0.3) is 0 Å². The van der Waals surface area contributed by atoms with Gasteiger partial charge < -0.3 is 19.3 Å². The molecule has 0 fully saturated rings. The van der Waals surface area contributed by atoms with Crippen molar-refractivity contribution in [3.05, 3.63) is 64.7 Å². The van der Waals surface area contributed by atoms with Crippen molar-refractivity contribution in [1.82, 2.24) is 0 Å². The summed E-state index contributed by atoms with van der Waals surface area (Å²) in [6, 6.07) is 12.6. The van der Waals surface area contributed by atoms with E-state index in [2.05, 4.69) is 6.92 Å². The van der Waals surface area contributed by atoms with E-state index in [0.29, 0.717) is 36.1 Å². The molecule has 2 rings (SSSR count). The summed E-state index contributed by atoms with van der Waals surface area (Å²) in [5.41, 5.74) is 2.81. The third-order valence-corrected chi connectivity index (χ3v) is 5.44. The van der Waals surface area contributed by atoms with Crippen LogP contribution in [0.1, 0.15) is 71.4 Å². The molecule has 2 aromatic rings. The zero-order valence-electron chi connectivity index (χ0n) is 19.4. The Morgan fingerprint density at radius 2 is 1.59 bits per heavy atom. The Balaban J connectivity index is 2.04. The molecule has 174 valence electrons. The Labute approximate surface area is 190 Å². The maximum atomic E-state index is 12.3. The molecule has 32 heavy (non-hydrogen) atoms. The second kappa shape index (κ2) is 12.9. The Hall–Kier alpha value is -2.86. The highest BCUT2D eigenvalue weighted by Gasteiger charge is 2.20. The van der Waals surface area contributed by atoms with Crippen molar-refractivity contribution in [2.75, 3.05) is 14.2 Å². The quantitative estimate of drug-likeness (QED) is 0.478. The largest absolute Gasteiger partial charge is 0.490 e. The number of hydrogen-bond acceptors (Lipinski definition) is 6.